The SMILES string of the molecule is Cc1ccc(-c2ccc(C[NH+]3CCCCC3)cc2)cc1.F[P-](F)(F)(F)(F)F. The number of aryl methyl sites for hydroxylation is 1. The summed E-state index contributed by atoms with van der Waals surface area (Å²) in [6, 6.07) is 17.9. The van der Waals surface area contributed by atoms with E-state index in [4.69, 9.17) is 0 Å². The van der Waals surface area contributed by atoms with Crippen molar-refractivity contribution in [2.75, 3.05) is 13.1 Å². The Morgan fingerprint density at radius 3 is 1.56 bits per heavy atom. The molecule has 1 N–H and O–H groups in total. The van der Waals surface area contributed by atoms with E-state index in [-0.39, 0.29) is 0 Å². The zero-order valence-corrected chi connectivity index (χ0v) is 16.0. The number of halogens is 6. The quantitative estimate of drug-likeness (QED) is 0.428. The Kier molecular flexibility index (Phi) is 5.98. The molecule has 8 heteroatoms. The van der Waals surface area contributed by atoms with E-state index in [1.807, 2.05) is 0 Å². The molecule has 0 spiro atoms. The van der Waals surface area contributed by atoms with Crippen molar-refractivity contribution in [1.82, 2.24) is 0 Å². The maximum absolute atomic E-state index is 10.7. The predicted octanol–water partition coefficient (Wildman–Crippen LogP) is 6.61. The summed E-state index contributed by atoms with van der Waals surface area (Å²) in [5, 5.41) is 0. The number of quaternary nitrogens is 1. The molecule has 0 saturated carbocycles. The van der Waals surface area contributed by atoms with Crippen LogP contribution in [0.1, 0.15) is 30.4 Å². The summed E-state index contributed by atoms with van der Waals surface area (Å²) in [5.41, 5.74) is 5.42. The summed E-state index contributed by atoms with van der Waals surface area (Å²) in [5.74, 6) is 0. The second-order valence-electron chi connectivity index (χ2n) is 7.01. The minimum atomic E-state index is -10.7. The number of hydrogen-bond donors (Lipinski definition) is 1. The molecule has 1 aliphatic rings. The van der Waals surface area contributed by atoms with Gasteiger partial charge in [0.1, 0.15) is 6.54 Å². The van der Waals surface area contributed by atoms with E-state index in [0.29, 0.717) is 0 Å². The Morgan fingerprint density at radius 1 is 0.704 bits per heavy atom. The first-order valence-corrected chi connectivity index (χ1v) is 10.8. The molecule has 0 aliphatic carbocycles. The normalized spacial score (nSPS) is 18.0. The first kappa shape index (κ1) is 21.7. The third kappa shape index (κ3) is 10.4. The molecular formula is C19H24F6NP. The molecule has 27 heavy (non-hydrogen) atoms. The van der Waals surface area contributed by atoms with Crippen LogP contribution in [0.25, 0.3) is 11.1 Å². The van der Waals surface area contributed by atoms with Gasteiger partial charge in [-0.1, -0.05) is 54.1 Å². The molecule has 0 aromatic heterocycles. The standard InChI is InChI=1S/C19H23N.F6P/c1-16-5-9-18(10-6-16)19-11-7-17(8-12-19)15-20-13-3-2-4-14-20;1-7(2,3,4,5)6/h5-12H,2-4,13-15H2,1H3;/q;-1/p+1. The molecule has 0 amide bonds. The molecule has 1 heterocycles. The third-order valence-electron chi connectivity index (χ3n) is 4.35. The van der Waals surface area contributed by atoms with Gasteiger partial charge in [-0.15, -0.1) is 0 Å². The number of nitrogens with one attached hydrogen (secondary N) is 1. The van der Waals surface area contributed by atoms with Crippen LogP contribution in [-0.4, -0.2) is 13.1 Å². The van der Waals surface area contributed by atoms with Crippen molar-refractivity contribution in [3.05, 3.63) is 59.7 Å². The fraction of sp³-hybridized carbons (Fsp3) is 0.368. The zero-order chi connectivity index (χ0) is 20.2. The Balaban J connectivity index is 0.000000321. The summed E-state index contributed by atoms with van der Waals surface area (Å²) in [6.07, 6.45) is 4.23. The molecule has 0 radical (unpaired) electrons. The fourth-order valence-corrected chi connectivity index (χ4v) is 3.08. The van der Waals surface area contributed by atoms with Crippen LogP contribution in [0.5, 0.6) is 0 Å². The van der Waals surface area contributed by atoms with E-state index in [1.54, 1.807) is 4.90 Å². The van der Waals surface area contributed by atoms with E-state index >= 15 is 0 Å². The average Bonchev–Trinajstić information content (AvgIpc) is 2.55. The second-order valence-corrected chi connectivity index (χ2v) is 8.93. The Hall–Kier alpha value is -1.59. The van der Waals surface area contributed by atoms with Gasteiger partial charge in [0, 0.05) is 5.56 Å². The molecule has 1 fully saturated rings. The predicted molar refractivity (Wildman–Crippen MR) is 98.4 cm³/mol. The molecule has 152 valence electrons. The molecule has 0 bridgehead atoms. The summed E-state index contributed by atoms with van der Waals surface area (Å²) >= 11 is 0. The van der Waals surface area contributed by atoms with Crippen LogP contribution in [-0.2, 0) is 6.54 Å². The van der Waals surface area contributed by atoms with Crippen molar-refractivity contribution in [3.63, 3.8) is 0 Å². The second kappa shape index (κ2) is 7.44. The molecule has 0 atom stereocenters. The number of likely N-dealkylation sites (tertiary alicyclic amines) is 1. The van der Waals surface area contributed by atoms with E-state index < -0.39 is 7.81 Å². The van der Waals surface area contributed by atoms with Crippen LogP contribution < -0.4 is 4.90 Å². The van der Waals surface area contributed by atoms with Crippen molar-refractivity contribution < 1.29 is 30.1 Å². The summed E-state index contributed by atoms with van der Waals surface area (Å²) in [7, 11) is -10.7. The third-order valence-corrected chi connectivity index (χ3v) is 4.35. The van der Waals surface area contributed by atoms with Crippen LogP contribution in [0.15, 0.2) is 48.5 Å². The molecular weight excluding hydrogens is 387 g/mol. The van der Waals surface area contributed by atoms with Crippen molar-refractivity contribution in [3.8, 4) is 11.1 Å². The van der Waals surface area contributed by atoms with Crippen molar-refractivity contribution in [2.45, 2.75) is 32.7 Å². The van der Waals surface area contributed by atoms with E-state index in [1.165, 1.54) is 61.2 Å². The van der Waals surface area contributed by atoms with Crippen molar-refractivity contribution in [1.29, 1.82) is 0 Å². The van der Waals surface area contributed by atoms with Gasteiger partial charge in [-0.05, 0) is 37.3 Å². The summed E-state index contributed by atoms with van der Waals surface area (Å²) < 4.78 is 59.2. The van der Waals surface area contributed by atoms with E-state index in [2.05, 4.69) is 55.5 Å². The van der Waals surface area contributed by atoms with Crippen LogP contribution in [0, 0.1) is 6.92 Å². The molecule has 1 nitrogen and oxygen atoms in total. The number of piperidine rings is 1. The van der Waals surface area contributed by atoms with Crippen LogP contribution >= 0.6 is 7.81 Å². The van der Waals surface area contributed by atoms with E-state index in [9.17, 15) is 25.2 Å². The van der Waals surface area contributed by atoms with Gasteiger partial charge in [0.2, 0.25) is 0 Å². The van der Waals surface area contributed by atoms with Crippen molar-refractivity contribution in [2.24, 2.45) is 0 Å². The first-order chi connectivity index (χ1) is 12.3. The van der Waals surface area contributed by atoms with Gasteiger partial charge in [0.15, 0.2) is 0 Å². The number of rotatable bonds is 3. The average molecular weight is 411 g/mol. The van der Waals surface area contributed by atoms with Gasteiger partial charge in [-0.3, -0.25) is 0 Å². The van der Waals surface area contributed by atoms with Crippen LogP contribution in [0.4, 0.5) is 25.2 Å². The van der Waals surface area contributed by atoms with E-state index in [0.717, 1.165) is 0 Å². The molecule has 3 rings (SSSR count). The van der Waals surface area contributed by atoms with Crippen LogP contribution in [0.2, 0.25) is 0 Å². The maximum atomic E-state index is 9.87. The first-order valence-electron chi connectivity index (χ1n) is 8.82. The summed E-state index contributed by atoms with van der Waals surface area (Å²) in [6.45, 7) is 6.02. The van der Waals surface area contributed by atoms with Crippen LogP contribution in [0.3, 0.4) is 0 Å². The Morgan fingerprint density at radius 2 is 1.11 bits per heavy atom. The van der Waals surface area contributed by atoms with Gasteiger partial charge in [-0.25, -0.2) is 0 Å². The van der Waals surface area contributed by atoms with Gasteiger partial charge < -0.3 is 4.90 Å². The molecule has 2 aromatic rings. The molecule has 0 unspecified atom stereocenters. The minimum absolute atomic E-state index is 1.19. The summed E-state index contributed by atoms with van der Waals surface area (Å²) in [4.78, 5) is 1.75. The van der Waals surface area contributed by atoms with Gasteiger partial charge >= 0.3 is 33.0 Å². The van der Waals surface area contributed by atoms with Crippen molar-refractivity contribution >= 4 is 7.81 Å². The van der Waals surface area contributed by atoms with Gasteiger partial charge in [-0.2, -0.15) is 0 Å². The zero-order valence-electron chi connectivity index (χ0n) is 15.1. The monoisotopic (exact) mass is 411 g/mol. The fourth-order valence-electron chi connectivity index (χ4n) is 3.08. The molecule has 1 aliphatic heterocycles. The Labute approximate surface area is 155 Å². The van der Waals surface area contributed by atoms with Gasteiger partial charge in [0.25, 0.3) is 0 Å². The molecule has 1 saturated heterocycles. The molecule has 2 aromatic carbocycles. The number of hydrogen-bond acceptors (Lipinski definition) is 0. The van der Waals surface area contributed by atoms with Gasteiger partial charge in [0.05, 0.1) is 13.1 Å². The number of benzene rings is 2. The topological polar surface area (TPSA) is 4.44 Å². The Bertz CT molecular complexity index is 721.